The van der Waals surface area contributed by atoms with Crippen LogP contribution in [-0.4, -0.2) is 187 Å². The number of carbonyl (C=O) groups is 13. The van der Waals surface area contributed by atoms with Crippen molar-refractivity contribution in [2.45, 2.75) is 140 Å². The van der Waals surface area contributed by atoms with E-state index in [4.69, 9.17) is 26.5 Å². The van der Waals surface area contributed by atoms with Gasteiger partial charge in [0.1, 0.15) is 48.3 Å². The third kappa shape index (κ3) is 29.7. The zero-order valence-electron chi connectivity index (χ0n) is 50.1. The van der Waals surface area contributed by atoms with Crippen molar-refractivity contribution in [3.05, 3.63) is 90.0 Å². The third-order valence-corrected chi connectivity index (χ3v) is 14.0. The Morgan fingerprint density at radius 3 is 1.40 bits per heavy atom. The van der Waals surface area contributed by atoms with Gasteiger partial charge in [-0.2, -0.15) is 23.5 Å². The lowest BCUT2D eigenvalue weighted by Crippen LogP contribution is -2.61. The first-order valence-corrected chi connectivity index (χ1v) is 30.7. The van der Waals surface area contributed by atoms with Crippen molar-refractivity contribution in [2.24, 2.45) is 23.3 Å². The number of aliphatic carboxylic acids is 3. The highest BCUT2D eigenvalue weighted by Gasteiger charge is 2.36. The van der Waals surface area contributed by atoms with Gasteiger partial charge in [-0.05, 0) is 66.2 Å². The van der Waals surface area contributed by atoms with Gasteiger partial charge in [0.15, 0.2) is 0 Å². The van der Waals surface area contributed by atoms with E-state index in [-0.39, 0.29) is 44.4 Å². The van der Waals surface area contributed by atoms with Crippen LogP contribution in [0.4, 0.5) is 0 Å². The topological polar surface area (TPSA) is 472 Å². The van der Waals surface area contributed by atoms with Crippen LogP contribution in [0.3, 0.4) is 0 Å². The molecule has 88 heavy (non-hydrogen) atoms. The minimum Gasteiger partial charge on any atom is -0.481 e. The number of carboxylic acids is 3. The van der Waals surface area contributed by atoms with Crippen LogP contribution in [0.2, 0.25) is 0 Å². The first-order valence-electron chi connectivity index (χ1n) is 28.0. The van der Waals surface area contributed by atoms with Crippen LogP contribution < -0.4 is 59.3 Å². The molecule has 0 unspecified atom stereocenters. The van der Waals surface area contributed by atoms with Crippen LogP contribution >= 0.6 is 23.5 Å². The summed E-state index contributed by atoms with van der Waals surface area (Å²) in [4.78, 5) is 176. The molecule has 0 aliphatic carbocycles. The number of carboxylic acid groups (broad SMARTS) is 3. The highest BCUT2D eigenvalue weighted by molar-refractivity contribution is 7.98. The van der Waals surface area contributed by atoms with Gasteiger partial charge in [0.2, 0.25) is 59.1 Å². The standard InChI is InChI=1S/C55H79N13O14S2.C2H4O2/c1-30(2)21-38(50(77)62-36(47(57)74)17-19-83-5)61-43(69)28-59-55(82)46(31(3)4)68-54(81)40(23-33-15-11-8-12-16-33)65-51(78)39(22-32-13-9-7-10-14-32)64-53(80)42(26-45(72)73)67-52(79)41(24-34-27-58-29-60-34)66-49(76)37(18-20-84-6)63-48(75)35(56)25-44(70)71;1-2(3)4/h7-16,27,29-31,35-42,46H,17-26,28,56H2,1-6H3,(H2,57,74)(H,58,60)(H,59,82)(H,61,69)(H,62,77)(H,63,75)(H,64,80)(H,65,78)(H,66,76)(H,67,79)(H,68,81)(H,70,71)(H,72,73);1H3,(H,3,4)/t35-,36-,37-,38-,39-,40-,41-,42-,46-;/m0./s1. The highest BCUT2D eigenvalue weighted by atomic mass is 32.2. The molecule has 31 heteroatoms. The number of thioether (sulfide) groups is 2. The van der Waals surface area contributed by atoms with Gasteiger partial charge in [-0.15, -0.1) is 0 Å². The molecule has 29 nitrogen and oxygen atoms in total. The maximum absolute atomic E-state index is 14.6. The Morgan fingerprint density at radius 2 is 0.955 bits per heavy atom. The summed E-state index contributed by atoms with van der Waals surface area (Å²) in [6, 6.07) is 4.14. The summed E-state index contributed by atoms with van der Waals surface area (Å²) in [7, 11) is 0. The number of nitrogens with zero attached hydrogens (tertiary/aromatic N) is 1. The van der Waals surface area contributed by atoms with E-state index in [2.05, 4.69) is 57.8 Å². The number of aromatic amines is 1. The SMILES string of the molecule is CC(=O)O.CSCC[C@H](NC(=O)[C@H](CC(C)C)NC(=O)CNC(=O)[C@@H](NC(=O)[C@H](Cc1ccccc1)NC(=O)[C@H](Cc1ccccc1)NC(=O)[C@H](CC(=O)O)NC(=O)[C@H](Cc1cnc[nH]1)NC(=O)[C@H](CCSC)NC(=O)[C@@H](N)CC(=O)O)C(C)C)C(N)=O. The van der Waals surface area contributed by atoms with Crippen molar-refractivity contribution in [1.82, 2.24) is 57.8 Å². The molecule has 484 valence electrons. The molecule has 0 spiro atoms. The van der Waals surface area contributed by atoms with E-state index in [1.165, 1.54) is 36.0 Å². The summed E-state index contributed by atoms with van der Waals surface area (Å²) in [5.74, 6) is -12.4. The minimum absolute atomic E-state index is 0.0124. The molecule has 17 N–H and O–H groups in total. The number of nitrogens with two attached hydrogens (primary N) is 2. The summed E-state index contributed by atoms with van der Waals surface area (Å²) < 4.78 is 0. The molecule has 1 heterocycles. The maximum atomic E-state index is 14.6. The lowest BCUT2D eigenvalue weighted by Gasteiger charge is -2.28. The Balaban J connectivity index is 0.00000639. The van der Waals surface area contributed by atoms with E-state index in [0.717, 1.165) is 6.92 Å². The smallest absolute Gasteiger partial charge is 0.305 e. The van der Waals surface area contributed by atoms with Gasteiger partial charge in [0.25, 0.3) is 5.97 Å². The predicted molar refractivity (Wildman–Crippen MR) is 326 cm³/mol. The Morgan fingerprint density at radius 1 is 0.534 bits per heavy atom. The molecule has 3 aromatic rings. The second-order valence-corrected chi connectivity index (χ2v) is 23.0. The zero-order valence-corrected chi connectivity index (χ0v) is 51.8. The molecule has 0 radical (unpaired) electrons. The molecular formula is C57H83N13O16S2. The number of nitrogens with one attached hydrogen (secondary N) is 10. The molecule has 0 saturated carbocycles. The number of primary amides is 1. The molecule has 0 saturated heterocycles. The van der Waals surface area contributed by atoms with Gasteiger partial charge in [0, 0.05) is 38.1 Å². The van der Waals surface area contributed by atoms with Crippen molar-refractivity contribution < 1.29 is 77.6 Å². The van der Waals surface area contributed by atoms with Crippen LogP contribution in [0.5, 0.6) is 0 Å². The molecule has 0 aliphatic rings. The number of rotatable bonds is 38. The van der Waals surface area contributed by atoms with Crippen molar-refractivity contribution in [3.63, 3.8) is 0 Å². The average Bonchev–Trinajstić information content (AvgIpc) is 3.61. The van der Waals surface area contributed by atoms with Crippen LogP contribution in [-0.2, 0) is 81.6 Å². The van der Waals surface area contributed by atoms with Gasteiger partial charge in [-0.1, -0.05) is 88.4 Å². The molecule has 0 fully saturated rings. The molecule has 0 bridgehead atoms. The fraction of sp³-hybridized carbons (Fsp3) is 0.509. The Bertz CT molecular complexity index is 2790. The van der Waals surface area contributed by atoms with Crippen molar-refractivity contribution in [2.75, 3.05) is 30.6 Å². The van der Waals surface area contributed by atoms with Crippen LogP contribution in [0, 0.1) is 11.8 Å². The first-order chi connectivity index (χ1) is 41.5. The summed E-state index contributed by atoms with van der Waals surface area (Å²) in [5.41, 5.74) is 12.7. The van der Waals surface area contributed by atoms with Gasteiger partial charge in [0.05, 0.1) is 31.8 Å². The normalized spacial score (nSPS) is 13.9. The van der Waals surface area contributed by atoms with Crippen molar-refractivity contribution in [1.29, 1.82) is 0 Å². The van der Waals surface area contributed by atoms with E-state index in [0.29, 0.717) is 28.3 Å². The molecule has 0 aliphatic heterocycles. The van der Waals surface area contributed by atoms with Crippen LogP contribution in [0.25, 0.3) is 0 Å². The largest absolute Gasteiger partial charge is 0.481 e. The molecule has 2 aromatic carbocycles. The monoisotopic (exact) mass is 1270 g/mol. The quantitative estimate of drug-likeness (QED) is 0.0310. The number of benzene rings is 2. The Labute approximate surface area is 518 Å². The fourth-order valence-corrected chi connectivity index (χ4v) is 9.23. The average molecular weight is 1270 g/mol. The number of hydrogen-bond acceptors (Lipinski definition) is 17. The summed E-state index contributed by atoms with van der Waals surface area (Å²) >= 11 is 2.78. The van der Waals surface area contributed by atoms with E-state index >= 15 is 0 Å². The lowest BCUT2D eigenvalue weighted by molar-refractivity contribution is -0.142. The number of carbonyl (C=O) groups excluding carboxylic acids is 10. The summed E-state index contributed by atoms with van der Waals surface area (Å²) in [5, 5.41) is 49.5. The fourth-order valence-electron chi connectivity index (χ4n) is 8.29. The maximum Gasteiger partial charge on any atom is 0.305 e. The van der Waals surface area contributed by atoms with E-state index in [9.17, 15) is 62.6 Å². The summed E-state index contributed by atoms with van der Waals surface area (Å²) in [6.45, 7) is 7.37. The van der Waals surface area contributed by atoms with Crippen molar-refractivity contribution >= 4 is 101 Å². The van der Waals surface area contributed by atoms with Gasteiger partial charge < -0.3 is 79.6 Å². The summed E-state index contributed by atoms with van der Waals surface area (Å²) in [6.07, 6.45) is 4.23. The zero-order chi connectivity index (χ0) is 66.0. The number of aromatic nitrogens is 2. The van der Waals surface area contributed by atoms with Crippen LogP contribution in [0.15, 0.2) is 73.2 Å². The van der Waals surface area contributed by atoms with Gasteiger partial charge in [-0.3, -0.25) is 62.3 Å². The number of H-pyrrole nitrogens is 1. The highest BCUT2D eigenvalue weighted by Crippen LogP contribution is 2.13. The van der Waals surface area contributed by atoms with E-state index in [1.807, 2.05) is 20.1 Å². The van der Waals surface area contributed by atoms with Gasteiger partial charge in [-0.25, -0.2) is 4.98 Å². The molecule has 9 atom stereocenters. The van der Waals surface area contributed by atoms with E-state index in [1.54, 1.807) is 80.8 Å². The molecule has 1 aromatic heterocycles. The van der Waals surface area contributed by atoms with E-state index < -0.39 is 157 Å². The molecule has 10 amide bonds. The lowest BCUT2D eigenvalue weighted by atomic mass is 9.99. The number of hydrogen-bond donors (Lipinski definition) is 15. The van der Waals surface area contributed by atoms with Gasteiger partial charge >= 0.3 is 11.9 Å². The number of imidazole rings is 1. The molecule has 3 rings (SSSR count). The first kappa shape index (κ1) is 75.5. The van der Waals surface area contributed by atoms with Crippen LogP contribution in [0.1, 0.15) is 83.5 Å². The second kappa shape index (κ2) is 40.0. The third-order valence-electron chi connectivity index (χ3n) is 12.7. The Hall–Kier alpha value is -8.58. The second-order valence-electron chi connectivity index (χ2n) is 21.0. The minimum atomic E-state index is -1.90. The molecular weight excluding hydrogens is 1190 g/mol. The number of amides is 10. The Kier molecular flexibility index (Phi) is 34.3. The predicted octanol–water partition coefficient (Wildman–Crippen LogP) is -1.51. The van der Waals surface area contributed by atoms with Crippen molar-refractivity contribution in [3.8, 4) is 0 Å².